The van der Waals surface area contributed by atoms with Gasteiger partial charge in [-0.15, -0.1) is 0 Å². The molecule has 1 fully saturated rings. The Labute approximate surface area is 139 Å². The molecular weight excluding hydrogens is 292 g/mol. The molecule has 1 aromatic carbocycles. The number of hydrogen-bond donors (Lipinski definition) is 1. The third kappa shape index (κ3) is 5.79. The van der Waals surface area contributed by atoms with E-state index in [0.717, 1.165) is 37.4 Å². The molecule has 1 N–H and O–H groups in total. The highest BCUT2D eigenvalue weighted by atomic mass is 16.5. The largest absolute Gasteiger partial charge is 0.491 e. The minimum atomic E-state index is -0.612. The molecule has 0 aromatic heterocycles. The molecule has 0 spiro atoms. The fraction of sp³-hybridized carbons (Fsp3) is 0.684. The van der Waals surface area contributed by atoms with Crippen molar-refractivity contribution in [2.24, 2.45) is 0 Å². The lowest BCUT2D eigenvalue weighted by Crippen LogP contribution is -2.30. The molecule has 1 aromatic rings. The van der Waals surface area contributed by atoms with E-state index in [0.29, 0.717) is 6.61 Å². The molecular formula is C19H30O4. The predicted molar refractivity (Wildman–Crippen MR) is 91.2 cm³/mol. The van der Waals surface area contributed by atoms with Gasteiger partial charge in [0.05, 0.1) is 12.7 Å². The molecule has 0 bridgehead atoms. The van der Waals surface area contributed by atoms with Gasteiger partial charge in [0.25, 0.3) is 0 Å². The molecule has 0 aliphatic carbocycles. The Bertz CT molecular complexity index is 487. The molecule has 1 atom stereocenters. The fourth-order valence-corrected chi connectivity index (χ4v) is 2.60. The Morgan fingerprint density at radius 3 is 2.52 bits per heavy atom. The van der Waals surface area contributed by atoms with Gasteiger partial charge in [0.1, 0.15) is 18.5 Å². The van der Waals surface area contributed by atoms with Crippen LogP contribution < -0.4 is 4.74 Å². The first kappa shape index (κ1) is 18.2. The van der Waals surface area contributed by atoms with Gasteiger partial charge >= 0.3 is 0 Å². The lowest BCUT2D eigenvalue weighted by Gasteiger charge is -2.24. The maximum Gasteiger partial charge on any atom is 0.122 e. The molecule has 1 heterocycles. The summed E-state index contributed by atoms with van der Waals surface area (Å²) in [5.74, 6) is 0.822. The van der Waals surface area contributed by atoms with Crippen LogP contribution in [0.4, 0.5) is 0 Å². The Hall–Kier alpha value is -1.10. The lowest BCUT2D eigenvalue weighted by molar-refractivity contribution is -0.0659. The SMILES string of the molecule is Cc1cc(C(C)(C)C)ccc1OCC(O)COC1CCOCC1. The maximum atomic E-state index is 10.0. The number of rotatable bonds is 6. The number of aliphatic hydroxyl groups is 1. The van der Waals surface area contributed by atoms with E-state index < -0.39 is 6.10 Å². The summed E-state index contributed by atoms with van der Waals surface area (Å²) >= 11 is 0. The molecule has 0 amide bonds. The standard InChI is InChI=1S/C19H30O4/c1-14-11-15(19(2,3)4)5-6-18(14)23-13-16(20)12-22-17-7-9-21-10-8-17/h5-6,11,16-17,20H,7-10,12-13H2,1-4H3. The van der Waals surface area contributed by atoms with Crippen molar-refractivity contribution in [2.45, 2.75) is 58.2 Å². The smallest absolute Gasteiger partial charge is 0.122 e. The van der Waals surface area contributed by atoms with E-state index in [9.17, 15) is 5.11 Å². The summed E-state index contributed by atoms with van der Waals surface area (Å²) in [5, 5.41) is 10.0. The number of benzene rings is 1. The summed E-state index contributed by atoms with van der Waals surface area (Å²) < 4.78 is 16.8. The Morgan fingerprint density at radius 2 is 1.91 bits per heavy atom. The molecule has 23 heavy (non-hydrogen) atoms. The predicted octanol–water partition coefficient (Wildman–Crippen LogP) is 3.23. The van der Waals surface area contributed by atoms with Crippen LogP contribution in [0.3, 0.4) is 0 Å². The summed E-state index contributed by atoms with van der Waals surface area (Å²) in [4.78, 5) is 0. The van der Waals surface area contributed by atoms with Crippen molar-refractivity contribution in [3.63, 3.8) is 0 Å². The summed E-state index contributed by atoms with van der Waals surface area (Å²) in [6.45, 7) is 10.7. The second-order valence-corrected chi connectivity index (χ2v) is 7.34. The highest BCUT2D eigenvalue weighted by Gasteiger charge is 2.17. The van der Waals surface area contributed by atoms with Crippen LogP contribution >= 0.6 is 0 Å². The van der Waals surface area contributed by atoms with Crippen LogP contribution in [-0.2, 0) is 14.9 Å². The van der Waals surface area contributed by atoms with Crippen molar-refractivity contribution in [3.05, 3.63) is 29.3 Å². The molecule has 1 aliphatic rings. The van der Waals surface area contributed by atoms with Crippen molar-refractivity contribution in [3.8, 4) is 5.75 Å². The third-order valence-corrected chi connectivity index (χ3v) is 4.16. The van der Waals surface area contributed by atoms with Crippen molar-refractivity contribution in [1.82, 2.24) is 0 Å². The number of ether oxygens (including phenoxy) is 3. The van der Waals surface area contributed by atoms with Gasteiger partial charge in [-0.3, -0.25) is 0 Å². The summed E-state index contributed by atoms with van der Waals surface area (Å²) in [5.41, 5.74) is 2.50. The van der Waals surface area contributed by atoms with Gasteiger partial charge in [-0.2, -0.15) is 0 Å². The Kier molecular flexibility index (Phi) is 6.45. The maximum absolute atomic E-state index is 10.0. The zero-order valence-electron chi connectivity index (χ0n) is 14.8. The van der Waals surface area contributed by atoms with E-state index in [1.54, 1.807) is 0 Å². The minimum absolute atomic E-state index is 0.125. The molecule has 0 saturated carbocycles. The fourth-order valence-electron chi connectivity index (χ4n) is 2.60. The highest BCUT2D eigenvalue weighted by molar-refractivity contribution is 5.38. The first-order chi connectivity index (χ1) is 10.9. The van der Waals surface area contributed by atoms with Crippen LogP contribution in [0, 0.1) is 6.92 Å². The van der Waals surface area contributed by atoms with Crippen molar-refractivity contribution in [2.75, 3.05) is 26.4 Å². The second-order valence-electron chi connectivity index (χ2n) is 7.34. The summed E-state index contributed by atoms with van der Waals surface area (Å²) in [6, 6.07) is 6.23. The van der Waals surface area contributed by atoms with Gasteiger partial charge in [-0.05, 0) is 42.4 Å². The third-order valence-electron chi connectivity index (χ3n) is 4.16. The van der Waals surface area contributed by atoms with Gasteiger partial charge in [0, 0.05) is 13.2 Å². The molecule has 4 heteroatoms. The van der Waals surface area contributed by atoms with Gasteiger partial charge in [0.15, 0.2) is 0 Å². The monoisotopic (exact) mass is 322 g/mol. The average Bonchev–Trinajstić information content (AvgIpc) is 2.51. The first-order valence-electron chi connectivity index (χ1n) is 8.47. The van der Waals surface area contributed by atoms with Crippen LogP contribution in [0.2, 0.25) is 0 Å². The van der Waals surface area contributed by atoms with Gasteiger partial charge < -0.3 is 19.3 Å². The Balaban J connectivity index is 1.78. The van der Waals surface area contributed by atoms with Gasteiger partial charge in [-0.25, -0.2) is 0 Å². The number of aryl methyl sites for hydroxylation is 1. The molecule has 0 radical (unpaired) electrons. The molecule has 1 aliphatic heterocycles. The first-order valence-corrected chi connectivity index (χ1v) is 8.47. The molecule has 130 valence electrons. The van der Waals surface area contributed by atoms with Crippen LogP contribution in [0.5, 0.6) is 5.75 Å². The summed E-state index contributed by atoms with van der Waals surface area (Å²) in [7, 11) is 0. The lowest BCUT2D eigenvalue weighted by atomic mass is 9.86. The van der Waals surface area contributed by atoms with Crippen molar-refractivity contribution >= 4 is 0 Å². The molecule has 4 nitrogen and oxygen atoms in total. The topological polar surface area (TPSA) is 47.9 Å². The van der Waals surface area contributed by atoms with E-state index in [2.05, 4.69) is 32.9 Å². The normalized spacial score (nSPS) is 18.0. The second kappa shape index (κ2) is 8.13. The van der Waals surface area contributed by atoms with E-state index in [1.165, 1.54) is 5.56 Å². The van der Waals surface area contributed by atoms with E-state index >= 15 is 0 Å². The van der Waals surface area contributed by atoms with Crippen LogP contribution in [0.1, 0.15) is 44.7 Å². The van der Waals surface area contributed by atoms with Gasteiger partial charge in [0.2, 0.25) is 0 Å². The zero-order valence-corrected chi connectivity index (χ0v) is 14.8. The quantitative estimate of drug-likeness (QED) is 0.873. The van der Waals surface area contributed by atoms with E-state index in [4.69, 9.17) is 14.2 Å². The van der Waals surface area contributed by atoms with E-state index in [1.807, 2.05) is 13.0 Å². The van der Waals surface area contributed by atoms with Crippen molar-refractivity contribution < 1.29 is 19.3 Å². The molecule has 1 saturated heterocycles. The number of aliphatic hydroxyl groups excluding tert-OH is 1. The highest BCUT2D eigenvalue weighted by Crippen LogP contribution is 2.27. The number of hydrogen-bond acceptors (Lipinski definition) is 4. The van der Waals surface area contributed by atoms with Gasteiger partial charge in [-0.1, -0.05) is 32.9 Å². The van der Waals surface area contributed by atoms with Crippen molar-refractivity contribution in [1.29, 1.82) is 0 Å². The van der Waals surface area contributed by atoms with Crippen LogP contribution in [0.15, 0.2) is 18.2 Å². The average molecular weight is 322 g/mol. The summed E-state index contributed by atoms with van der Waals surface area (Å²) in [6.07, 6.45) is 1.40. The van der Waals surface area contributed by atoms with E-state index in [-0.39, 0.29) is 18.1 Å². The molecule has 2 rings (SSSR count). The zero-order chi connectivity index (χ0) is 16.9. The Morgan fingerprint density at radius 1 is 1.22 bits per heavy atom. The minimum Gasteiger partial charge on any atom is -0.491 e. The molecule has 1 unspecified atom stereocenters. The van der Waals surface area contributed by atoms with Crippen LogP contribution in [0.25, 0.3) is 0 Å². The van der Waals surface area contributed by atoms with Crippen LogP contribution in [-0.4, -0.2) is 43.7 Å².